The number of benzene rings is 2. The van der Waals surface area contributed by atoms with Gasteiger partial charge in [0.05, 0.1) is 13.2 Å². The van der Waals surface area contributed by atoms with Gasteiger partial charge in [0.25, 0.3) is 0 Å². The van der Waals surface area contributed by atoms with Gasteiger partial charge in [-0.15, -0.1) is 0 Å². The molecule has 23 heavy (non-hydrogen) atoms. The number of methoxy groups -OCH3 is 1. The topological polar surface area (TPSA) is 37.0 Å². The third-order valence-corrected chi connectivity index (χ3v) is 4.65. The number of aromatic nitrogens is 1. The van der Waals surface area contributed by atoms with E-state index < -0.39 is 0 Å². The van der Waals surface area contributed by atoms with Crippen LogP contribution in [0.15, 0.2) is 36.4 Å². The van der Waals surface area contributed by atoms with Gasteiger partial charge in [0, 0.05) is 33.7 Å². The summed E-state index contributed by atoms with van der Waals surface area (Å²) in [5.74, 6) is 0.569. The van der Waals surface area contributed by atoms with E-state index in [0.717, 1.165) is 46.4 Å². The molecule has 1 aliphatic rings. The number of aromatic amines is 1. The Morgan fingerprint density at radius 3 is 2.91 bits per heavy atom. The van der Waals surface area contributed by atoms with E-state index in [9.17, 15) is 4.39 Å². The summed E-state index contributed by atoms with van der Waals surface area (Å²) in [5, 5.41) is 5.12. The molecule has 1 atom stereocenters. The molecule has 0 spiro atoms. The van der Waals surface area contributed by atoms with Crippen LogP contribution in [0.5, 0.6) is 5.75 Å². The smallest absolute Gasteiger partial charge is 0.124 e. The van der Waals surface area contributed by atoms with Gasteiger partial charge in [0.15, 0.2) is 0 Å². The minimum atomic E-state index is -0.213. The molecule has 5 heteroatoms. The van der Waals surface area contributed by atoms with Gasteiger partial charge in [-0.3, -0.25) is 0 Å². The Morgan fingerprint density at radius 1 is 1.22 bits per heavy atom. The van der Waals surface area contributed by atoms with Crippen LogP contribution in [-0.4, -0.2) is 18.6 Å². The third-order valence-electron chi connectivity index (χ3n) is 4.42. The first-order chi connectivity index (χ1) is 11.2. The van der Waals surface area contributed by atoms with E-state index in [1.165, 1.54) is 6.07 Å². The lowest BCUT2D eigenvalue weighted by atomic mass is 9.94. The highest BCUT2D eigenvalue weighted by atomic mass is 35.5. The molecule has 1 unspecified atom stereocenters. The van der Waals surface area contributed by atoms with Gasteiger partial charge in [-0.05, 0) is 48.4 Å². The molecule has 2 heterocycles. The fourth-order valence-corrected chi connectivity index (χ4v) is 3.58. The number of rotatable bonds is 2. The normalized spacial score (nSPS) is 17.3. The second kappa shape index (κ2) is 5.55. The van der Waals surface area contributed by atoms with Crippen molar-refractivity contribution in [3.05, 3.63) is 64.1 Å². The molecule has 0 amide bonds. The molecule has 2 aromatic carbocycles. The van der Waals surface area contributed by atoms with Crippen molar-refractivity contribution in [3.63, 3.8) is 0 Å². The zero-order valence-corrected chi connectivity index (χ0v) is 13.4. The molecule has 0 aliphatic carbocycles. The Labute approximate surface area is 138 Å². The standard InChI is InChI=1S/C18H16ClFN2O/c1-23-16-5-2-10(19)8-14(16)17-18-12(6-7-21-17)13-9-11(20)3-4-15(13)22-18/h2-5,8-9,17,21-22H,6-7H2,1H3. The Morgan fingerprint density at radius 2 is 2.09 bits per heavy atom. The number of fused-ring (bicyclic) bond motifs is 3. The van der Waals surface area contributed by atoms with Gasteiger partial charge >= 0.3 is 0 Å². The number of H-pyrrole nitrogens is 1. The maximum atomic E-state index is 13.6. The predicted molar refractivity (Wildman–Crippen MR) is 89.8 cm³/mol. The number of hydrogen-bond donors (Lipinski definition) is 2. The summed E-state index contributed by atoms with van der Waals surface area (Å²) in [6.45, 7) is 0.816. The molecule has 0 saturated heterocycles. The first-order valence-corrected chi connectivity index (χ1v) is 7.92. The van der Waals surface area contributed by atoms with Crippen molar-refractivity contribution >= 4 is 22.5 Å². The van der Waals surface area contributed by atoms with Gasteiger partial charge < -0.3 is 15.0 Å². The monoisotopic (exact) mass is 330 g/mol. The molecule has 0 bridgehead atoms. The zero-order valence-electron chi connectivity index (χ0n) is 12.6. The molecule has 4 rings (SSSR count). The Balaban J connectivity index is 1.91. The molecule has 0 fully saturated rings. The molecule has 1 aliphatic heterocycles. The van der Waals surface area contributed by atoms with Crippen LogP contribution >= 0.6 is 11.6 Å². The molecule has 2 N–H and O–H groups in total. The molecule has 118 valence electrons. The zero-order chi connectivity index (χ0) is 16.0. The van der Waals surface area contributed by atoms with E-state index in [2.05, 4.69) is 10.3 Å². The third kappa shape index (κ3) is 2.38. The average molecular weight is 331 g/mol. The fraction of sp³-hybridized carbons (Fsp3) is 0.222. The Kier molecular flexibility index (Phi) is 3.51. The summed E-state index contributed by atoms with van der Waals surface area (Å²) in [6.07, 6.45) is 0.859. The second-order valence-electron chi connectivity index (χ2n) is 5.73. The van der Waals surface area contributed by atoms with Crippen LogP contribution in [0.1, 0.15) is 22.9 Å². The predicted octanol–water partition coefficient (Wildman–Crippen LogP) is 4.20. The van der Waals surface area contributed by atoms with Crippen molar-refractivity contribution in [2.24, 2.45) is 0 Å². The van der Waals surface area contributed by atoms with Crippen molar-refractivity contribution in [2.75, 3.05) is 13.7 Å². The van der Waals surface area contributed by atoms with Crippen LogP contribution in [0.4, 0.5) is 4.39 Å². The summed E-state index contributed by atoms with van der Waals surface area (Å²) in [5.41, 5.74) is 4.14. The molecule has 1 aromatic heterocycles. The highest BCUT2D eigenvalue weighted by molar-refractivity contribution is 6.30. The number of halogens is 2. The lowest BCUT2D eigenvalue weighted by molar-refractivity contribution is 0.402. The number of nitrogens with one attached hydrogen (secondary N) is 2. The van der Waals surface area contributed by atoms with Crippen LogP contribution in [0.3, 0.4) is 0 Å². The quantitative estimate of drug-likeness (QED) is 0.738. The van der Waals surface area contributed by atoms with Crippen molar-refractivity contribution in [3.8, 4) is 5.75 Å². The van der Waals surface area contributed by atoms with E-state index in [-0.39, 0.29) is 11.9 Å². The van der Waals surface area contributed by atoms with E-state index in [4.69, 9.17) is 16.3 Å². The average Bonchev–Trinajstić information content (AvgIpc) is 2.92. The van der Waals surface area contributed by atoms with Gasteiger partial charge in [-0.1, -0.05) is 11.6 Å². The minimum absolute atomic E-state index is 0.0529. The molecule has 3 nitrogen and oxygen atoms in total. The lowest BCUT2D eigenvalue weighted by Crippen LogP contribution is -2.30. The summed E-state index contributed by atoms with van der Waals surface area (Å²) in [7, 11) is 1.65. The van der Waals surface area contributed by atoms with Crippen LogP contribution in [0.2, 0.25) is 5.02 Å². The highest BCUT2D eigenvalue weighted by Crippen LogP contribution is 2.38. The fourth-order valence-electron chi connectivity index (χ4n) is 3.40. The largest absolute Gasteiger partial charge is 0.496 e. The van der Waals surface area contributed by atoms with Crippen LogP contribution in [0.25, 0.3) is 10.9 Å². The summed E-state index contributed by atoms with van der Waals surface area (Å²) < 4.78 is 19.1. The van der Waals surface area contributed by atoms with Crippen LogP contribution in [-0.2, 0) is 6.42 Å². The minimum Gasteiger partial charge on any atom is -0.496 e. The first kappa shape index (κ1) is 14.5. The Bertz CT molecular complexity index is 890. The van der Waals surface area contributed by atoms with E-state index in [1.807, 2.05) is 18.2 Å². The summed E-state index contributed by atoms with van der Waals surface area (Å²) in [4.78, 5) is 3.43. The number of hydrogen-bond acceptors (Lipinski definition) is 2. The van der Waals surface area contributed by atoms with Gasteiger partial charge in [-0.25, -0.2) is 4.39 Å². The summed E-state index contributed by atoms with van der Waals surface area (Å²) in [6, 6.07) is 10.4. The van der Waals surface area contributed by atoms with Gasteiger partial charge in [0.1, 0.15) is 11.6 Å². The maximum Gasteiger partial charge on any atom is 0.124 e. The highest BCUT2D eigenvalue weighted by Gasteiger charge is 2.27. The maximum absolute atomic E-state index is 13.6. The van der Waals surface area contributed by atoms with Crippen molar-refractivity contribution < 1.29 is 9.13 Å². The molecule has 0 radical (unpaired) electrons. The van der Waals surface area contributed by atoms with Crippen LogP contribution in [0, 0.1) is 5.82 Å². The van der Waals surface area contributed by atoms with E-state index in [1.54, 1.807) is 19.2 Å². The number of ether oxygens (including phenoxy) is 1. The van der Waals surface area contributed by atoms with Gasteiger partial charge in [0.2, 0.25) is 0 Å². The molecular formula is C18H16ClFN2O. The molecule has 0 saturated carbocycles. The van der Waals surface area contributed by atoms with Gasteiger partial charge in [-0.2, -0.15) is 0 Å². The molecular weight excluding hydrogens is 315 g/mol. The summed E-state index contributed by atoms with van der Waals surface area (Å²) >= 11 is 6.18. The van der Waals surface area contributed by atoms with Crippen molar-refractivity contribution in [1.29, 1.82) is 0 Å². The Hall–Kier alpha value is -2.04. The van der Waals surface area contributed by atoms with E-state index in [0.29, 0.717) is 5.02 Å². The van der Waals surface area contributed by atoms with Crippen molar-refractivity contribution in [1.82, 2.24) is 10.3 Å². The van der Waals surface area contributed by atoms with Crippen molar-refractivity contribution in [2.45, 2.75) is 12.5 Å². The second-order valence-corrected chi connectivity index (χ2v) is 6.17. The lowest BCUT2D eigenvalue weighted by Gasteiger charge is -2.26. The van der Waals surface area contributed by atoms with Crippen LogP contribution < -0.4 is 10.1 Å². The molecule has 3 aromatic rings. The first-order valence-electron chi connectivity index (χ1n) is 7.54. The SMILES string of the molecule is COc1ccc(Cl)cc1C1NCCc2c1[nH]c1ccc(F)cc21. The van der Waals surface area contributed by atoms with E-state index >= 15 is 0 Å².